The second-order valence-electron chi connectivity index (χ2n) is 8.40. The van der Waals surface area contributed by atoms with Crippen molar-refractivity contribution < 1.29 is 28.5 Å². The van der Waals surface area contributed by atoms with Crippen molar-refractivity contribution in [3.63, 3.8) is 0 Å². The van der Waals surface area contributed by atoms with Gasteiger partial charge in [0.15, 0.2) is 0 Å². The minimum Gasteiger partial charge on any atom is -0.489 e. The molecule has 0 heterocycles. The van der Waals surface area contributed by atoms with Crippen LogP contribution in [-0.2, 0) is 31.9 Å². The molecule has 6 heteroatoms. The number of carbonyl (C=O) groups excluding carboxylic acids is 2. The van der Waals surface area contributed by atoms with Crippen LogP contribution in [0.4, 0.5) is 0 Å². The molecule has 0 bridgehead atoms. The maximum Gasteiger partial charge on any atom is 0.333 e. The molecule has 2 aromatic rings. The molecular formula is C27H32O6. The van der Waals surface area contributed by atoms with Crippen LogP contribution in [0.2, 0.25) is 0 Å². The molecule has 1 aliphatic carbocycles. The normalized spacial score (nSPS) is 12.6. The van der Waals surface area contributed by atoms with Gasteiger partial charge in [-0.2, -0.15) is 0 Å². The molecule has 176 valence electrons. The molecule has 0 fully saturated rings. The Hall–Kier alpha value is -3.28. The van der Waals surface area contributed by atoms with E-state index in [1.54, 1.807) is 13.8 Å². The van der Waals surface area contributed by atoms with Crippen LogP contribution < -0.4 is 9.47 Å². The molecule has 0 unspecified atom stereocenters. The van der Waals surface area contributed by atoms with Crippen LogP contribution in [-0.4, -0.2) is 38.4 Å². The Labute approximate surface area is 195 Å². The first kappa shape index (κ1) is 24.4. The predicted octanol–water partition coefficient (Wildman–Crippen LogP) is 5.02. The fraction of sp³-hybridized carbons (Fsp3) is 0.407. The standard InChI is InChI=1S/C27H32O6/c1-17(2)26(28)32-14-12-30-24-20-8-6-7-9-21(20)25(23-16-19(5)10-11-22(23)24)31-13-15-33-27(29)18(3)4/h10-11,16H,1,3,6-9,12-15H2,2,4-5H3. The highest BCUT2D eigenvalue weighted by Crippen LogP contribution is 2.44. The van der Waals surface area contributed by atoms with Crippen molar-refractivity contribution >= 4 is 22.7 Å². The van der Waals surface area contributed by atoms with E-state index >= 15 is 0 Å². The lowest BCUT2D eigenvalue weighted by Crippen LogP contribution is -2.16. The van der Waals surface area contributed by atoms with Crippen LogP contribution in [0.25, 0.3) is 10.8 Å². The van der Waals surface area contributed by atoms with Gasteiger partial charge in [-0.1, -0.05) is 30.9 Å². The molecule has 0 N–H and O–H groups in total. The molecule has 0 radical (unpaired) electrons. The van der Waals surface area contributed by atoms with E-state index in [9.17, 15) is 9.59 Å². The van der Waals surface area contributed by atoms with Gasteiger partial charge in [0.2, 0.25) is 0 Å². The summed E-state index contributed by atoms with van der Waals surface area (Å²) in [5.41, 5.74) is 4.11. The maximum absolute atomic E-state index is 11.7. The zero-order chi connectivity index (χ0) is 24.0. The molecule has 0 amide bonds. The van der Waals surface area contributed by atoms with Gasteiger partial charge in [0.05, 0.1) is 0 Å². The van der Waals surface area contributed by atoms with Crippen LogP contribution in [0.15, 0.2) is 42.5 Å². The first-order chi connectivity index (χ1) is 15.8. The SMILES string of the molecule is C=C(C)C(=O)OCCOc1c2c(c(OCCOC(=O)C(=C)C)c3cc(C)ccc13)CCCC2. The van der Waals surface area contributed by atoms with E-state index in [2.05, 4.69) is 19.2 Å². The number of hydrogen-bond donors (Lipinski definition) is 0. The van der Waals surface area contributed by atoms with E-state index < -0.39 is 11.9 Å². The molecule has 0 aliphatic heterocycles. The van der Waals surface area contributed by atoms with E-state index in [0.29, 0.717) is 11.1 Å². The average molecular weight is 453 g/mol. The summed E-state index contributed by atoms with van der Waals surface area (Å²) >= 11 is 0. The van der Waals surface area contributed by atoms with Crippen molar-refractivity contribution in [2.45, 2.75) is 46.5 Å². The summed E-state index contributed by atoms with van der Waals surface area (Å²) in [6.45, 7) is 13.3. The second kappa shape index (κ2) is 11.0. The molecule has 33 heavy (non-hydrogen) atoms. The van der Waals surface area contributed by atoms with E-state index in [1.807, 2.05) is 19.1 Å². The number of esters is 2. The Kier molecular flexibility index (Phi) is 8.15. The lowest BCUT2D eigenvalue weighted by atomic mass is 9.87. The lowest BCUT2D eigenvalue weighted by Gasteiger charge is -2.25. The number of benzene rings is 2. The first-order valence-electron chi connectivity index (χ1n) is 11.3. The Morgan fingerprint density at radius 2 is 1.27 bits per heavy atom. The molecule has 1 aliphatic rings. The van der Waals surface area contributed by atoms with Gasteiger partial charge in [-0.3, -0.25) is 0 Å². The quantitative estimate of drug-likeness (QED) is 0.286. The summed E-state index contributed by atoms with van der Waals surface area (Å²) in [5, 5.41) is 1.93. The zero-order valence-electron chi connectivity index (χ0n) is 19.8. The minimum absolute atomic E-state index is 0.153. The molecule has 3 rings (SSSR count). The van der Waals surface area contributed by atoms with Gasteiger partial charge < -0.3 is 18.9 Å². The summed E-state index contributed by atoms with van der Waals surface area (Å²) in [6, 6.07) is 6.18. The van der Waals surface area contributed by atoms with Crippen LogP contribution in [0.5, 0.6) is 11.5 Å². The van der Waals surface area contributed by atoms with Crippen LogP contribution in [0.1, 0.15) is 43.4 Å². The molecule has 0 saturated heterocycles. The molecule has 0 saturated carbocycles. The smallest absolute Gasteiger partial charge is 0.333 e. The number of aryl methyl sites for hydroxylation is 1. The van der Waals surface area contributed by atoms with E-state index in [-0.39, 0.29) is 26.4 Å². The van der Waals surface area contributed by atoms with Crippen molar-refractivity contribution in [1.29, 1.82) is 0 Å². The molecule has 0 aromatic heterocycles. The van der Waals surface area contributed by atoms with Crippen LogP contribution in [0.3, 0.4) is 0 Å². The molecule has 0 spiro atoms. The number of rotatable bonds is 10. The van der Waals surface area contributed by atoms with Gasteiger partial charge in [-0.15, -0.1) is 0 Å². The fourth-order valence-corrected chi connectivity index (χ4v) is 3.91. The van der Waals surface area contributed by atoms with Gasteiger partial charge in [-0.05, 0) is 52.5 Å². The summed E-state index contributed by atoms with van der Waals surface area (Å²) in [7, 11) is 0. The van der Waals surface area contributed by atoms with Crippen molar-refractivity contribution in [2.24, 2.45) is 0 Å². The van der Waals surface area contributed by atoms with Crippen molar-refractivity contribution in [3.8, 4) is 11.5 Å². The van der Waals surface area contributed by atoms with Gasteiger partial charge in [-0.25, -0.2) is 9.59 Å². The van der Waals surface area contributed by atoms with E-state index in [1.165, 1.54) is 0 Å². The zero-order valence-corrected chi connectivity index (χ0v) is 19.8. The second-order valence-corrected chi connectivity index (χ2v) is 8.40. The summed E-state index contributed by atoms with van der Waals surface area (Å²) in [4.78, 5) is 23.3. The largest absolute Gasteiger partial charge is 0.489 e. The maximum atomic E-state index is 11.7. The molecular weight excluding hydrogens is 420 g/mol. The molecule has 0 atom stereocenters. The van der Waals surface area contributed by atoms with E-state index in [0.717, 1.165) is 64.6 Å². The topological polar surface area (TPSA) is 71.1 Å². The average Bonchev–Trinajstić information content (AvgIpc) is 2.79. The third-order valence-corrected chi connectivity index (χ3v) is 5.50. The third kappa shape index (κ3) is 5.95. The highest BCUT2D eigenvalue weighted by atomic mass is 16.6. The van der Waals surface area contributed by atoms with Crippen LogP contribution in [0, 0.1) is 6.92 Å². The Balaban J connectivity index is 1.87. The number of hydrogen-bond acceptors (Lipinski definition) is 6. The third-order valence-electron chi connectivity index (χ3n) is 5.50. The van der Waals surface area contributed by atoms with Gasteiger partial charge in [0.1, 0.15) is 37.9 Å². The van der Waals surface area contributed by atoms with Gasteiger partial charge in [0.25, 0.3) is 0 Å². The van der Waals surface area contributed by atoms with Gasteiger partial charge >= 0.3 is 11.9 Å². The van der Waals surface area contributed by atoms with E-state index in [4.69, 9.17) is 18.9 Å². The monoisotopic (exact) mass is 452 g/mol. The summed E-state index contributed by atoms with van der Waals surface area (Å²) in [6.07, 6.45) is 3.92. The van der Waals surface area contributed by atoms with Crippen molar-refractivity contribution in [3.05, 3.63) is 59.2 Å². The number of fused-ring (bicyclic) bond motifs is 2. The van der Waals surface area contributed by atoms with Gasteiger partial charge in [0, 0.05) is 33.0 Å². The van der Waals surface area contributed by atoms with Crippen molar-refractivity contribution in [2.75, 3.05) is 26.4 Å². The predicted molar refractivity (Wildman–Crippen MR) is 128 cm³/mol. The molecule has 2 aromatic carbocycles. The minimum atomic E-state index is -0.419. The Morgan fingerprint density at radius 1 is 0.788 bits per heavy atom. The Morgan fingerprint density at radius 3 is 1.76 bits per heavy atom. The van der Waals surface area contributed by atoms with Crippen LogP contribution >= 0.6 is 0 Å². The Bertz CT molecular complexity index is 1080. The van der Waals surface area contributed by atoms with Crippen molar-refractivity contribution in [1.82, 2.24) is 0 Å². The summed E-state index contributed by atoms with van der Waals surface area (Å²) < 4.78 is 22.8. The summed E-state index contributed by atoms with van der Waals surface area (Å²) in [5.74, 6) is 0.817. The lowest BCUT2D eigenvalue weighted by molar-refractivity contribution is -0.140. The highest BCUT2D eigenvalue weighted by Gasteiger charge is 2.24. The molecule has 6 nitrogen and oxygen atoms in total. The number of ether oxygens (including phenoxy) is 4. The number of carbonyl (C=O) groups is 2. The fourth-order valence-electron chi connectivity index (χ4n) is 3.91. The highest BCUT2D eigenvalue weighted by molar-refractivity contribution is 5.96. The first-order valence-corrected chi connectivity index (χ1v) is 11.3.